The Kier molecular flexibility index (Phi) is 8.94. The lowest BCUT2D eigenvalue weighted by Crippen LogP contribution is -2.63. The first-order chi connectivity index (χ1) is 30.1. The first kappa shape index (κ1) is 43.8. The molecule has 0 fully saturated rings. The number of rotatable bonds is 2. The Hall–Kier alpha value is -3.76. The van der Waals surface area contributed by atoms with Crippen molar-refractivity contribution in [3.8, 4) is 0 Å². The summed E-state index contributed by atoms with van der Waals surface area (Å²) in [5.74, 6) is 0. The zero-order chi connectivity index (χ0) is 46.6. The lowest BCUT2D eigenvalue weighted by molar-refractivity contribution is 0.332. The van der Waals surface area contributed by atoms with E-state index in [1.54, 1.807) is 27.0 Å². The molecule has 0 N–H and O–H groups in total. The Labute approximate surface area is 398 Å². The molecule has 0 atom stereocenters. The minimum absolute atomic E-state index is 0.0501. The van der Waals surface area contributed by atoms with Crippen molar-refractivity contribution in [3.05, 3.63) is 110 Å². The molecule has 0 bridgehead atoms. The van der Waals surface area contributed by atoms with E-state index in [9.17, 15) is 0 Å². The summed E-state index contributed by atoms with van der Waals surface area (Å²) in [7, 11) is 0. The molecule has 0 saturated heterocycles. The minimum Gasteiger partial charge on any atom is -0.311 e. The minimum atomic E-state index is 0.0501. The Morgan fingerprint density at radius 1 is 0.400 bits per heavy atom. The number of benzene rings is 4. The highest BCUT2D eigenvalue weighted by Gasteiger charge is 2.53. The molecule has 1 aromatic heterocycles. The van der Waals surface area contributed by atoms with Crippen LogP contribution in [-0.4, -0.2) is 6.71 Å². The van der Waals surface area contributed by atoms with Gasteiger partial charge in [-0.15, -0.1) is 11.3 Å². The maximum atomic E-state index is 2.78. The second-order valence-electron chi connectivity index (χ2n) is 27.3. The number of hydrogen-bond donors (Lipinski definition) is 0. The summed E-state index contributed by atoms with van der Waals surface area (Å²) in [6, 6.07) is 25.9. The normalized spacial score (nSPS) is 23.6. The average Bonchev–Trinajstić information content (AvgIpc) is 3.64. The average molecular weight is 881 g/mol. The van der Waals surface area contributed by atoms with Gasteiger partial charge in [-0.05, 0) is 205 Å². The molecule has 65 heavy (non-hydrogen) atoms. The van der Waals surface area contributed by atoms with Crippen LogP contribution in [0.25, 0.3) is 0 Å². The van der Waals surface area contributed by atoms with E-state index in [0.29, 0.717) is 0 Å². The van der Waals surface area contributed by atoms with Gasteiger partial charge in [0.05, 0.1) is 5.00 Å². The van der Waals surface area contributed by atoms with E-state index in [4.69, 9.17) is 0 Å². The van der Waals surface area contributed by atoms with E-state index >= 15 is 0 Å². The van der Waals surface area contributed by atoms with Crippen molar-refractivity contribution in [3.63, 3.8) is 0 Å². The number of fused-ring (bicyclic) bond motifs is 9. The van der Waals surface area contributed by atoms with Gasteiger partial charge < -0.3 is 9.80 Å². The third-order valence-electron chi connectivity index (χ3n) is 18.9. The summed E-state index contributed by atoms with van der Waals surface area (Å²) >= 11 is 2.13. The van der Waals surface area contributed by atoms with Crippen molar-refractivity contribution in [2.24, 2.45) is 0 Å². The number of hydrogen-bond acceptors (Lipinski definition) is 3. The summed E-state index contributed by atoms with van der Waals surface area (Å²) in [6.45, 7) is 42.6. The number of nitrogens with zero attached hydrogens (tertiary/aromatic N) is 2. The summed E-state index contributed by atoms with van der Waals surface area (Å²) in [4.78, 5) is 7.14. The van der Waals surface area contributed by atoms with Gasteiger partial charge in [0.25, 0.3) is 6.71 Å². The zero-order valence-corrected chi connectivity index (χ0v) is 44.1. The topological polar surface area (TPSA) is 6.48 Å². The van der Waals surface area contributed by atoms with Crippen LogP contribution in [0.5, 0.6) is 0 Å². The molecule has 2 nitrogen and oxygen atoms in total. The summed E-state index contributed by atoms with van der Waals surface area (Å²) in [5, 5.41) is 1.45. The highest BCUT2D eigenvalue weighted by molar-refractivity contribution is 7.20. The number of anilines is 6. The van der Waals surface area contributed by atoms with E-state index in [2.05, 4.69) is 200 Å². The van der Waals surface area contributed by atoms with Crippen LogP contribution in [0, 0.1) is 6.92 Å². The molecule has 2 aliphatic heterocycles. The van der Waals surface area contributed by atoms with E-state index < -0.39 is 0 Å². The van der Waals surface area contributed by atoms with Gasteiger partial charge in [-0.2, -0.15) is 0 Å². The molecule has 0 amide bonds. The summed E-state index contributed by atoms with van der Waals surface area (Å²) in [6.07, 6.45) is 9.66. The van der Waals surface area contributed by atoms with E-state index in [1.165, 1.54) is 124 Å². The Bertz CT molecular complexity index is 2870. The Morgan fingerprint density at radius 2 is 0.800 bits per heavy atom. The molecule has 0 saturated carbocycles. The van der Waals surface area contributed by atoms with Crippen molar-refractivity contribution in [2.75, 3.05) is 9.80 Å². The second kappa shape index (κ2) is 13.3. The molecule has 11 rings (SSSR count). The molecule has 3 heterocycles. The van der Waals surface area contributed by atoms with Crippen molar-refractivity contribution >= 4 is 67.9 Å². The molecule has 0 spiro atoms. The first-order valence-electron chi connectivity index (χ1n) is 25.5. The second-order valence-corrected chi connectivity index (χ2v) is 28.3. The fraction of sp³-hybridized carbons (Fsp3) is 0.541. The van der Waals surface area contributed by atoms with Crippen molar-refractivity contribution in [1.29, 1.82) is 0 Å². The molecule has 340 valence electrons. The van der Waals surface area contributed by atoms with Gasteiger partial charge in [0.2, 0.25) is 0 Å². The van der Waals surface area contributed by atoms with Gasteiger partial charge in [-0.1, -0.05) is 129 Å². The van der Waals surface area contributed by atoms with Crippen molar-refractivity contribution in [2.45, 2.75) is 212 Å². The molecule has 4 heteroatoms. The predicted octanol–water partition coefficient (Wildman–Crippen LogP) is 15.5. The lowest BCUT2D eigenvalue weighted by Gasteiger charge is -2.48. The number of thiophene rings is 1. The van der Waals surface area contributed by atoms with Gasteiger partial charge in [0, 0.05) is 33.3 Å². The molecule has 4 aliphatic carbocycles. The van der Waals surface area contributed by atoms with Gasteiger partial charge >= 0.3 is 0 Å². The molecular formula is C61H77BN2S. The largest absolute Gasteiger partial charge is 0.311 e. The molecular weight excluding hydrogens is 804 g/mol. The smallest absolute Gasteiger partial charge is 0.253 e. The SMILES string of the molecule is Cc1cc2c3c(c1)N(c1ccc4c(c1)C(C)(C)CCC4(C)C)c1sc4c(c1B3c1cc3c(cc1N2c1ccc2c(c1)C(C)(C)CCC2(C)C)C(C)(C)CCC3(C)C)C(C)(C)CCC4(C)C. The highest BCUT2D eigenvalue weighted by Crippen LogP contribution is 2.58. The standard InChI is InChI=1S/C61H77BN2S/c1-36-30-47-50-48(31-36)64(38-19-21-40-42(33-38)57(8,9)25-23-55(40,4)5)53-51(49-52(65-53)61(16,17)29-28-60(49,14)15)62(50)45-34-43-44(59(12,13)27-26-58(43,10)11)35-46(45)63(47)37-18-20-39-41(32-37)56(6,7)24-22-54(39,2)3/h18-21,30-35H,22-29H2,1-17H3. The van der Waals surface area contributed by atoms with Crippen LogP contribution in [-0.2, 0) is 43.3 Å². The van der Waals surface area contributed by atoms with Crippen LogP contribution in [0.2, 0.25) is 0 Å². The van der Waals surface area contributed by atoms with Gasteiger partial charge in [0.1, 0.15) is 0 Å². The number of aryl methyl sites for hydroxylation is 1. The van der Waals surface area contributed by atoms with Crippen LogP contribution >= 0.6 is 11.3 Å². The van der Waals surface area contributed by atoms with Crippen LogP contribution in [0.3, 0.4) is 0 Å². The van der Waals surface area contributed by atoms with Crippen LogP contribution < -0.4 is 26.2 Å². The highest BCUT2D eigenvalue weighted by atomic mass is 32.1. The molecule has 0 unspecified atom stereocenters. The van der Waals surface area contributed by atoms with E-state index in [0.717, 1.165) is 0 Å². The lowest BCUT2D eigenvalue weighted by atomic mass is 9.32. The first-order valence-corrected chi connectivity index (χ1v) is 26.3. The van der Waals surface area contributed by atoms with Crippen molar-refractivity contribution in [1.82, 2.24) is 0 Å². The third-order valence-corrected chi connectivity index (χ3v) is 20.4. The summed E-state index contributed by atoms with van der Waals surface area (Å²) < 4.78 is 0. The maximum absolute atomic E-state index is 2.78. The fourth-order valence-corrected chi connectivity index (χ4v) is 15.7. The fourth-order valence-electron chi connectivity index (χ4n) is 14.0. The monoisotopic (exact) mass is 881 g/mol. The van der Waals surface area contributed by atoms with Crippen LogP contribution in [0.1, 0.15) is 212 Å². The Morgan fingerprint density at radius 3 is 1.31 bits per heavy atom. The van der Waals surface area contributed by atoms with Gasteiger partial charge in [-0.25, -0.2) is 0 Å². The van der Waals surface area contributed by atoms with Crippen LogP contribution in [0.4, 0.5) is 33.4 Å². The molecule has 5 aromatic rings. The molecule has 6 aliphatic rings. The predicted molar refractivity (Wildman–Crippen MR) is 284 cm³/mol. The quantitative estimate of drug-likeness (QED) is 0.160. The van der Waals surface area contributed by atoms with Gasteiger partial charge in [-0.3, -0.25) is 0 Å². The van der Waals surface area contributed by atoms with Crippen molar-refractivity contribution < 1.29 is 0 Å². The molecule has 0 radical (unpaired) electrons. The maximum Gasteiger partial charge on any atom is 0.253 e. The zero-order valence-electron chi connectivity index (χ0n) is 43.3. The van der Waals surface area contributed by atoms with E-state index in [-0.39, 0.29) is 50.0 Å². The Balaban J connectivity index is 1.28. The summed E-state index contributed by atoms with van der Waals surface area (Å²) in [5.41, 5.74) is 24.3. The third kappa shape index (κ3) is 6.15. The van der Waals surface area contributed by atoms with Gasteiger partial charge in [0.15, 0.2) is 0 Å². The van der Waals surface area contributed by atoms with E-state index in [1.807, 2.05) is 0 Å². The molecule has 4 aromatic carbocycles. The van der Waals surface area contributed by atoms with Crippen LogP contribution in [0.15, 0.2) is 60.7 Å².